The fourth-order valence-electron chi connectivity index (χ4n) is 5.01. The Morgan fingerprint density at radius 3 is 2.64 bits per heavy atom. The summed E-state index contributed by atoms with van der Waals surface area (Å²) in [5.41, 5.74) is 1.34. The minimum Gasteiger partial charge on any atom is -0.495 e. The number of sulfone groups is 1. The number of rotatable bonds is 9. The Morgan fingerprint density at radius 1 is 1.17 bits per heavy atom. The highest BCUT2D eigenvalue weighted by atomic mass is 32.2. The van der Waals surface area contributed by atoms with Crippen LogP contribution in [0.3, 0.4) is 0 Å². The van der Waals surface area contributed by atoms with Crippen molar-refractivity contribution in [2.24, 2.45) is 0 Å². The summed E-state index contributed by atoms with van der Waals surface area (Å²) in [4.78, 5) is 6.28. The number of aromatic nitrogens is 3. The van der Waals surface area contributed by atoms with Gasteiger partial charge in [0, 0.05) is 36.5 Å². The van der Waals surface area contributed by atoms with E-state index < -0.39 is 34.8 Å². The molecule has 0 bridgehead atoms. The smallest absolute Gasteiger partial charge is 0.406 e. The lowest BCUT2D eigenvalue weighted by molar-refractivity contribution is -0.139. The molecule has 0 aliphatic carbocycles. The number of anilines is 2. The van der Waals surface area contributed by atoms with Crippen molar-refractivity contribution >= 4 is 32.1 Å². The van der Waals surface area contributed by atoms with Gasteiger partial charge in [0.25, 0.3) is 0 Å². The molecule has 2 atom stereocenters. The van der Waals surface area contributed by atoms with E-state index in [1.54, 1.807) is 24.3 Å². The molecule has 2 aromatic carbocycles. The van der Waals surface area contributed by atoms with Gasteiger partial charge in [0.1, 0.15) is 18.5 Å². The van der Waals surface area contributed by atoms with Crippen molar-refractivity contribution < 1.29 is 35.2 Å². The van der Waals surface area contributed by atoms with Crippen molar-refractivity contribution in [3.8, 4) is 17.3 Å². The zero-order valence-electron chi connectivity index (χ0n) is 23.1. The monoisotopic (exact) mass is 610 g/mol. The number of hydrogen-bond donors (Lipinski definition) is 2. The van der Waals surface area contributed by atoms with Crippen molar-refractivity contribution in [1.29, 1.82) is 0 Å². The number of hydrogen-bond acceptors (Lipinski definition) is 9. The third kappa shape index (κ3) is 6.46. The lowest BCUT2D eigenvalue weighted by atomic mass is 10.0. The molecule has 15 heteroatoms. The fourth-order valence-corrected chi connectivity index (χ4v) is 5.65. The number of nitrogens with one attached hydrogen (secondary N) is 2. The van der Waals surface area contributed by atoms with E-state index in [2.05, 4.69) is 20.8 Å². The van der Waals surface area contributed by atoms with E-state index in [1.165, 1.54) is 25.3 Å². The average Bonchev–Trinajstić information content (AvgIpc) is 3.53. The average molecular weight is 611 g/mol. The minimum absolute atomic E-state index is 0.0120. The largest absolute Gasteiger partial charge is 0.495 e. The molecule has 0 saturated carbocycles. The van der Waals surface area contributed by atoms with Gasteiger partial charge in [-0.3, -0.25) is 0 Å². The second kappa shape index (κ2) is 11.4. The summed E-state index contributed by atoms with van der Waals surface area (Å²) in [6.45, 7) is -0.341. The van der Waals surface area contributed by atoms with Crippen molar-refractivity contribution in [3.63, 3.8) is 0 Å². The fraction of sp³-hybridized carbons (Fsp3) is 0.407. The molecule has 1 fully saturated rings. The molecule has 0 radical (unpaired) electrons. The number of piperidine rings is 1. The van der Waals surface area contributed by atoms with Gasteiger partial charge in [0.05, 0.1) is 41.5 Å². The molecule has 1 aliphatic rings. The first-order chi connectivity index (χ1) is 19.8. The summed E-state index contributed by atoms with van der Waals surface area (Å²) in [5, 5.41) is 10.6. The molecule has 4 aromatic rings. The van der Waals surface area contributed by atoms with Crippen LogP contribution in [-0.2, 0) is 22.9 Å². The molecule has 0 spiro atoms. The van der Waals surface area contributed by atoms with E-state index in [1.807, 2.05) is 11.9 Å². The SMILES string of the molecule is COc1cc(S(C)(=O)=O)ccc1NCc1nc(-c2cc3c(N[C@H]4CCN(C)C[C@H]4F)cccc3n2CC(F)(F)F)no1. The van der Waals surface area contributed by atoms with Gasteiger partial charge >= 0.3 is 6.18 Å². The van der Waals surface area contributed by atoms with Gasteiger partial charge in [-0.25, -0.2) is 12.8 Å². The molecule has 5 rings (SSSR count). The lowest BCUT2D eigenvalue weighted by Crippen LogP contribution is -2.46. The number of benzene rings is 2. The van der Waals surface area contributed by atoms with Crippen LogP contribution in [0.2, 0.25) is 0 Å². The van der Waals surface area contributed by atoms with Crippen molar-refractivity contribution in [2.45, 2.75) is 42.8 Å². The maximum atomic E-state index is 14.7. The highest BCUT2D eigenvalue weighted by molar-refractivity contribution is 7.90. The first-order valence-electron chi connectivity index (χ1n) is 13.1. The van der Waals surface area contributed by atoms with Gasteiger partial charge in [0.2, 0.25) is 11.7 Å². The minimum atomic E-state index is -4.54. The Bertz CT molecular complexity index is 1690. The zero-order valence-corrected chi connectivity index (χ0v) is 23.9. The Balaban J connectivity index is 1.44. The third-order valence-electron chi connectivity index (χ3n) is 7.10. The number of nitrogens with zero attached hydrogens (tertiary/aromatic N) is 4. The van der Waals surface area contributed by atoms with E-state index in [9.17, 15) is 26.0 Å². The van der Waals surface area contributed by atoms with Crippen molar-refractivity contribution in [1.82, 2.24) is 19.6 Å². The molecule has 0 amide bonds. The second-order valence-electron chi connectivity index (χ2n) is 10.3. The Kier molecular flexibility index (Phi) is 8.07. The van der Waals surface area contributed by atoms with Gasteiger partial charge in [-0.05, 0) is 43.8 Å². The van der Waals surface area contributed by atoms with E-state index >= 15 is 0 Å². The molecule has 10 nitrogen and oxygen atoms in total. The standard InChI is InChI=1S/C27H30F4N6O4S/c1-36-10-9-20(18(28)14-36)33-19-5-4-6-22-17(19)12-23(37(22)15-27(29,30)31)26-34-25(41-35-26)13-32-21-8-7-16(42(3,38)39)11-24(21)40-2/h4-8,11-12,18,20,32-33H,9-10,13-15H2,1-3H3/t18-,20+/m1/s1. The molecule has 2 aromatic heterocycles. The number of methoxy groups -OCH3 is 1. The lowest BCUT2D eigenvalue weighted by Gasteiger charge is -2.33. The van der Waals surface area contributed by atoms with Crippen molar-refractivity contribution in [2.75, 3.05) is 44.1 Å². The van der Waals surface area contributed by atoms with Crippen LogP contribution in [0, 0.1) is 0 Å². The molecular formula is C27H30F4N6O4S. The molecule has 226 valence electrons. The van der Waals surface area contributed by atoms with Gasteiger partial charge in [-0.2, -0.15) is 18.2 Å². The molecule has 3 heterocycles. The van der Waals surface area contributed by atoms with Gasteiger partial charge < -0.3 is 29.4 Å². The summed E-state index contributed by atoms with van der Waals surface area (Å²) >= 11 is 0. The first kappa shape index (κ1) is 29.6. The van der Waals surface area contributed by atoms with E-state index in [0.29, 0.717) is 29.7 Å². The molecule has 1 aliphatic heterocycles. The van der Waals surface area contributed by atoms with Crippen LogP contribution in [-0.4, -0.2) is 79.9 Å². The molecule has 2 N–H and O–H groups in total. The van der Waals surface area contributed by atoms with Gasteiger partial charge in [-0.1, -0.05) is 11.2 Å². The third-order valence-corrected chi connectivity index (χ3v) is 8.21. The molecule has 1 saturated heterocycles. The normalized spacial score (nSPS) is 18.4. The van der Waals surface area contributed by atoms with Crippen LogP contribution >= 0.6 is 0 Å². The first-order valence-corrected chi connectivity index (χ1v) is 14.9. The molecular weight excluding hydrogens is 580 g/mol. The summed E-state index contributed by atoms with van der Waals surface area (Å²) in [6, 6.07) is 10.3. The molecule has 42 heavy (non-hydrogen) atoms. The van der Waals surface area contributed by atoms with Crippen molar-refractivity contribution in [3.05, 3.63) is 48.4 Å². The topological polar surface area (TPSA) is 115 Å². The maximum absolute atomic E-state index is 14.7. The molecule has 0 unspecified atom stereocenters. The van der Waals surface area contributed by atoms with E-state index in [4.69, 9.17) is 9.26 Å². The van der Waals surface area contributed by atoms with E-state index in [-0.39, 0.29) is 46.7 Å². The maximum Gasteiger partial charge on any atom is 0.406 e. The quantitative estimate of drug-likeness (QED) is 0.260. The predicted molar refractivity (Wildman–Crippen MR) is 149 cm³/mol. The number of ether oxygens (including phenoxy) is 1. The Hall–Kier alpha value is -3.85. The highest BCUT2D eigenvalue weighted by Gasteiger charge is 2.32. The summed E-state index contributed by atoms with van der Waals surface area (Å²) < 4.78 is 91.1. The van der Waals surface area contributed by atoms with Crippen LogP contribution in [0.1, 0.15) is 12.3 Å². The van der Waals surface area contributed by atoms with Crippen LogP contribution in [0.5, 0.6) is 5.75 Å². The van der Waals surface area contributed by atoms with Crippen LogP contribution in [0.15, 0.2) is 51.9 Å². The van der Waals surface area contributed by atoms with Crippen LogP contribution in [0.4, 0.5) is 28.9 Å². The van der Waals surface area contributed by atoms with Gasteiger partial charge in [0.15, 0.2) is 9.84 Å². The Labute approximate surface area is 239 Å². The summed E-state index contributed by atoms with van der Waals surface area (Å²) in [5.74, 6) is 0.288. The number of likely N-dealkylation sites (tertiary alicyclic amines) is 1. The van der Waals surface area contributed by atoms with Gasteiger partial charge in [-0.15, -0.1) is 0 Å². The predicted octanol–water partition coefficient (Wildman–Crippen LogP) is 4.73. The summed E-state index contributed by atoms with van der Waals surface area (Å²) in [7, 11) is -0.218. The van der Waals surface area contributed by atoms with E-state index in [0.717, 1.165) is 10.8 Å². The van der Waals surface area contributed by atoms with Crippen LogP contribution < -0.4 is 15.4 Å². The Morgan fingerprint density at radius 2 is 1.95 bits per heavy atom. The highest BCUT2D eigenvalue weighted by Crippen LogP contribution is 2.35. The summed E-state index contributed by atoms with van der Waals surface area (Å²) in [6.07, 6.45) is -4.04. The zero-order chi connectivity index (χ0) is 30.2. The number of halogens is 4. The number of alkyl halides is 4. The number of fused-ring (bicyclic) bond motifs is 1. The van der Waals surface area contributed by atoms with Crippen LogP contribution in [0.25, 0.3) is 22.4 Å². The second-order valence-corrected chi connectivity index (χ2v) is 12.3.